The number of aromatic hydroxyl groups is 1. The molecule has 8 heteroatoms. The van der Waals surface area contributed by atoms with Crippen LogP contribution in [0.1, 0.15) is 18.4 Å². The third-order valence-corrected chi connectivity index (χ3v) is 4.36. The van der Waals surface area contributed by atoms with Gasteiger partial charge in [0.15, 0.2) is 11.5 Å². The fourth-order valence-corrected chi connectivity index (χ4v) is 2.84. The number of Topliss-reactive ketones (excluding diaryl/α,β-unsaturated/α-hetero) is 1. The van der Waals surface area contributed by atoms with Gasteiger partial charge in [0.1, 0.15) is 30.2 Å². The molecule has 2 rings (SSSR count). The highest BCUT2D eigenvalue weighted by molar-refractivity contribution is 5.79. The maximum Gasteiger partial charge on any atom is 0.160 e. The van der Waals surface area contributed by atoms with Crippen LogP contribution in [0.25, 0.3) is 0 Å². The lowest BCUT2D eigenvalue weighted by atomic mass is 9.91. The molecule has 0 spiro atoms. The van der Waals surface area contributed by atoms with Crippen LogP contribution in [-0.2, 0) is 16.0 Å². The van der Waals surface area contributed by atoms with Crippen molar-refractivity contribution in [2.24, 2.45) is 0 Å². The molecule has 0 saturated carbocycles. The maximum atomic E-state index is 12.2. The topological polar surface area (TPSA) is 137 Å². The van der Waals surface area contributed by atoms with Crippen LogP contribution in [0.3, 0.4) is 0 Å². The molecule has 1 unspecified atom stereocenters. The first-order valence-electron chi connectivity index (χ1n) is 8.05. The van der Waals surface area contributed by atoms with E-state index in [9.17, 15) is 25.2 Å². The number of benzene rings is 1. The number of hydrogen-bond donors (Lipinski definition) is 5. The maximum absolute atomic E-state index is 12.2. The zero-order chi connectivity index (χ0) is 18.6. The van der Waals surface area contributed by atoms with Crippen molar-refractivity contribution in [2.75, 3.05) is 13.7 Å². The van der Waals surface area contributed by atoms with Crippen molar-refractivity contribution in [3.05, 3.63) is 23.8 Å². The van der Waals surface area contributed by atoms with E-state index in [0.717, 1.165) is 5.56 Å². The summed E-state index contributed by atoms with van der Waals surface area (Å²) in [5.41, 5.74) is 0.803. The zero-order valence-electron chi connectivity index (χ0n) is 13.9. The van der Waals surface area contributed by atoms with Crippen molar-refractivity contribution >= 4 is 5.78 Å². The van der Waals surface area contributed by atoms with E-state index in [1.165, 1.54) is 13.2 Å². The first kappa shape index (κ1) is 19.6. The molecule has 0 amide bonds. The predicted octanol–water partition coefficient (Wildman–Crippen LogP) is -0.865. The second-order valence-corrected chi connectivity index (χ2v) is 6.12. The fraction of sp³-hybridized carbons (Fsp3) is 0.588. The summed E-state index contributed by atoms with van der Waals surface area (Å²) in [5, 5.41) is 48.1. The lowest BCUT2D eigenvalue weighted by molar-refractivity contribution is -0.229. The standard InChI is InChI=1S/C17H24O8/c1-24-12-6-9(3-5-11(12)20)2-4-10(19)7-13-15(21)17(23)16(22)14(8-18)25-13/h3,5-6,13-18,20-23H,2,4,7-8H2,1H3/t13?,14-,15+,16-,17-/m1/s1. The quantitative estimate of drug-likeness (QED) is 0.425. The highest BCUT2D eigenvalue weighted by Gasteiger charge is 2.43. The molecular weight excluding hydrogens is 332 g/mol. The third-order valence-electron chi connectivity index (χ3n) is 4.36. The SMILES string of the molecule is COc1cc(CCC(=O)CC2O[C@H](CO)[C@@H](O)[C@H](O)[C@H]2O)ccc1O. The number of phenols is 1. The number of aliphatic hydroxyl groups excluding tert-OH is 4. The Kier molecular flexibility index (Phi) is 6.74. The van der Waals surface area contributed by atoms with Crippen LogP contribution in [0.2, 0.25) is 0 Å². The van der Waals surface area contributed by atoms with Gasteiger partial charge in [-0.25, -0.2) is 0 Å². The molecule has 140 valence electrons. The molecule has 1 aromatic rings. The van der Waals surface area contributed by atoms with Crippen LogP contribution in [-0.4, -0.2) is 75.6 Å². The van der Waals surface area contributed by atoms with Crippen molar-refractivity contribution in [1.82, 2.24) is 0 Å². The Balaban J connectivity index is 1.91. The van der Waals surface area contributed by atoms with Gasteiger partial charge in [0.05, 0.1) is 19.8 Å². The van der Waals surface area contributed by atoms with E-state index in [1.54, 1.807) is 12.1 Å². The minimum absolute atomic E-state index is 0.0129. The lowest BCUT2D eigenvalue weighted by Gasteiger charge is -2.39. The summed E-state index contributed by atoms with van der Waals surface area (Å²) in [5.74, 6) is 0.133. The van der Waals surface area contributed by atoms with Crippen LogP contribution in [0.4, 0.5) is 0 Å². The van der Waals surface area contributed by atoms with Crippen LogP contribution < -0.4 is 4.74 Å². The Bertz CT molecular complexity index is 588. The number of hydrogen-bond acceptors (Lipinski definition) is 8. The molecule has 0 aromatic heterocycles. The third kappa shape index (κ3) is 4.68. The molecule has 25 heavy (non-hydrogen) atoms. The lowest BCUT2D eigenvalue weighted by Crippen LogP contribution is -2.58. The van der Waals surface area contributed by atoms with Crippen molar-refractivity contribution < 1.29 is 39.8 Å². The van der Waals surface area contributed by atoms with Gasteiger partial charge in [-0.3, -0.25) is 4.79 Å². The number of ether oxygens (including phenoxy) is 2. The van der Waals surface area contributed by atoms with Crippen LogP contribution >= 0.6 is 0 Å². The highest BCUT2D eigenvalue weighted by Crippen LogP contribution is 2.27. The normalized spacial score (nSPS) is 29.4. The van der Waals surface area contributed by atoms with E-state index >= 15 is 0 Å². The van der Waals surface area contributed by atoms with E-state index in [1.807, 2.05) is 0 Å². The summed E-state index contributed by atoms with van der Waals surface area (Å²) in [6.07, 6.45) is -5.89. The van der Waals surface area contributed by atoms with Crippen LogP contribution in [0.15, 0.2) is 18.2 Å². The fourth-order valence-electron chi connectivity index (χ4n) is 2.84. The monoisotopic (exact) mass is 356 g/mol. The Morgan fingerprint density at radius 3 is 2.48 bits per heavy atom. The Morgan fingerprint density at radius 2 is 1.84 bits per heavy atom. The summed E-state index contributed by atoms with van der Waals surface area (Å²) < 4.78 is 10.3. The molecular formula is C17H24O8. The molecule has 1 aromatic carbocycles. The predicted molar refractivity (Wildman–Crippen MR) is 86.4 cm³/mol. The first-order valence-corrected chi connectivity index (χ1v) is 8.05. The average molecular weight is 356 g/mol. The molecule has 1 heterocycles. The molecule has 0 radical (unpaired) electrons. The smallest absolute Gasteiger partial charge is 0.160 e. The second kappa shape index (κ2) is 8.59. The number of carbonyl (C=O) groups is 1. The van der Waals surface area contributed by atoms with E-state index in [0.29, 0.717) is 12.2 Å². The number of ketones is 1. The van der Waals surface area contributed by atoms with Crippen molar-refractivity contribution in [2.45, 2.75) is 49.8 Å². The molecule has 5 atom stereocenters. The zero-order valence-corrected chi connectivity index (χ0v) is 13.9. The Hall–Kier alpha value is -1.71. The van der Waals surface area contributed by atoms with E-state index in [2.05, 4.69) is 0 Å². The second-order valence-electron chi connectivity index (χ2n) is 6.12. The minimum Gasteiger partial charge on any atom is -0.504 e. The largest absolute Gasteiger partial charge is 0.504 e. The van der Waals surface area contributed by atoms with E-state index in [4.69, 9.17) is 14.6 Å². The molecule has 0 bridgehead atoms. The molecule has 1 aliphatic rings. The van der Waals surface area contributed by atoms with Gasteiger partial charge in [-0.2, -0.15) is 0 Å². The molecule has 1 aliphatic heterocycles. The van der Waals surface area contributed by atoms with Gasteiger partial charge in [0.2, 0.25) is 0 Å². The first-order chi connectivity index (χ1) is 11.9. The highest BCUT2D eigenvalue weighted by atomic mass is 16.5. The Labute approximate surface area is 145 Å². The van der Waals surface area contributed by atoms with Gasteiger partial charge in [0.25, 0.3) is 0 Å². The number of rotatable bonds is 7. The van der Waals surface area contributed by atoms with Gasteiger partial charge in [-0.1, -0.05) is 6.07 Å². The van der Waals surface area contributed by atoms with Crippen LogP contribution in [0, 0.1) is 0 Å². The summed E-state index contributed by atoms with van der Waals surface area (Å²) >= 11 is 0. The van der Waals surface area contributed by atoms with E-state index < -0.39 is 37.1 Å². The number of phenolic OH excluding ortho intramolecular Hbond substituents is 1. The molecule has 8 nitrogen and oxygen atoms in total. The number of aliphatic hydroxyl groups is 4. The van der Waals surface area contributed by atoms with Gasteiger partial charge in [-0.05, 0) is 24.1 Å². The van der Waals surface area contributed by atoms with Crippen LogP contribution in [0.5, 0.6) is 11.5 Å². The van der Waals surface area contributed by atoms with Crippen molar-refractivity contribution in [3.63, 3.8) is 0 Å². The summed E-state index contributed by atoms with van der Waals surface area (Å²) in [4.78, 5) is 12.2. The number of aryl methyl sites for hydroxylation is 1. The Morgan fingerprint density at radius 1 is 1.16 bits per heavy atom. The molecule has 1 fully saturated rings. The molecule has 0 aliphatic carbocycles. The number of carbonyl (C=O) groups excluding carboxylic acids is 1. The summed E-state index contributed by atoms with van der Waals surface area (Å²) in [6.45, 7) is -0.525. The van der Waals surface area contributed by atoms with Gasteiger partial charge in [0, 0.05) is 12.8 Å². The van der Waals surface area contributed by atoms with Crippen molar-refractivity contribution in [1.29, 1.82) is 0 Å². The average Bonchev–Trinajstić information content (AvgIpc) is 2.61. The van der Waals surface area contributed by atoms with Gasteiger partial charge in [-0.15, -0.1) is 0 Å². The van der Waals surface area contributed by atoms with Gasteiger partial charge >= 0.3 is 0 Å². The summed E-state index contributed by atoms with van der Waals surface area (Å²) in [7, 11) is 1.43. The summed E-state index contributed by atoms with van der Waals surface area (Å²) in [6, 6.07) is 4.80. The number of methoxy groups -OCH3 is 1. The minimum atomic E-state index is -1.48. The van der Waals surface area contributed by atoms with Gasteiger partial charge < -0.3 is 35.0 Å². The molecule has 5 N–H and O–H groups in total. The van der Waals surface area contributed by atoms with E-state index in [-0.39, 0.29) is 24.4 Å². The molecule has 1 saturated heterocycles. The van der Waals surface area contributed by atoms with Crippen molar-refractivity contribution in [3.8, 4) is 11.5 Å².